The van der Waals surface area contributed by atoms with Crippen molar-refractivity contribution in [1.29, 1.82) is 0 Å². The number of rotatable bonds is 9. The summed E-state index contributed by atoms with van der Waals surface area (Å²) in [5, 5.41) is 9.10. The fourth-order valence-electron chi connectivity index (χ4n) is 2.37. The second kappa shape index (κ2) is 8.39. The second-order valence-electron chi connectivity index (χ2n) is 5.32. The Morgan fingerprint density at radius 2 is 2.00 bits per heavy atom. The molecule has 1 unspecified atom stereocenters. The van der Waals surface area contributed by atoms with Gasteiger partial charge in [0.15, 0.2) is 6.10 Å². The molecule has 1 aromatic carbocycles. The van der Waals surface area contributed by atoms with Crippen molar-refractivity contribution >= 4 is 5.97 Å². The van der Waals surface area contributed by atoms with Gasteiger partial charge in [-0.05, 0) is 43.7 Å². The molecule has 1 aromatic heterocycles. The first-order chi connectivity index (χ1) is 11.1. The van der Waals surface area contributed by atoms with Crippen molar-refractivity contribution in [2.24, 2.45) is 0 Å². The average Bonchev–Trinajstić information content (AvgIpc) is 2.94. The fraction of sp³-hybridized carbons (Fsp3) is 0.389. The van der Waals surface area contributed by atoms with E-state index in [0.717, 1.165) is 17.9 Å². The van der Waals surface area contributed by atoms with E-state index >= 15 is 0 Å². The molecule has 23 heavy (non-hydrogen) atoms. The van der Waals surface area contributed by atoms with E-state index in [-0.39, 0.29) is 0 Å². The SMILES string of the molecule is CCOC(Cc1ccc(OCCn2cccc2C)cc1)C(=O)O. The summed E-state index contributed by atoms with van der Waals surface area (Å²) >= 11 is 0. The van der Waals surface area contributed by atoms with Gasteiger partial charge in [-0.2, -0.15) is 0 Å². The minimum atomic E-state index is -0.936. The first kappa shape index (κ1) is 17.1. The lowest BCUT2D eigenvalue weighted by Gasteiger charge is -2.13. The van der Waals surface area contributed by atoms with Gasteiger partial charge in [0.25, 0.3) is 0 Å². The minimum Gasteiger partial charge on any atom is -0.492 e. The van der Waals surface area contributed by atoms with Crippen LogP contribution in [0.5, 0.6) is 5.75 Å². The van der Waals surface area contributed by atoms with Gasteiger partial charge >= 0.3 is 5.97 Å². The molecule has 0 aliphatic carbocycles. The summed E-state index contributed by atoms with van der Waals surface area (Å²) in [6.07, 6.45) is 1.58. The van der Waals surface area contributed by atoms with Crippen molar-refractivity contribution in [2.75, 3.05) is 13.2 Å². The molecular formula is C18H23NO4. The number of aryl methyl sites for hydroxylation is 1. The highest BCUT2D eigenvalue weighted by molar-refractivity contribution is 5.72. The van der Waals surface area contributed by atoms with Gasteiger partial charge in [0.05, 0.1) is 6.54 Å². The monoisotopic (exact) mass is 317 g/mol. The molecular weight excluding hydrogens is 294 g/mol. The van der Waals surface area contributed by atoms with E-state index < -0.39 is 12.1 Å². The number of aromatic nitrogens is 1. The van der Waals surface area contributed by atoms with E-state index in [4.69, 9.17) is 14.6 Å². The molecule has 0 saturated heterocycles. The molecule has 1 N–H and O–H groups in total. The van der Waals surface area contributed by atoms with Crippen LogP contribution in [0.25, 0.3) is 0 Å². The maximum Gasteiger partial charge on any atom is 0.333 e. The van der Waals surface area contributed by atoms with E-state index in [1.54, 1.807) is 6.92 Å². The van der Waals surface area contributed by atoms with E-state index in [1.165, 1.54) is 5.69 Å². The Hall–Kier alpha value is -2.27. The summed E-state index contributed by atoms with van der Waals surface area (Å²) in [7, 11) is 0. The standard InChI is InChI=1S/C18H23NO4/c1-3-22-17(18(20)21)13-15-6-8-16(9-7-15)23-12-11-19-10-4-5-14(19)2/h4-10,17H,3,11-13H2,1-2H3,(H,20,21). The van der Waals surface area contributed by atoms with Gasteiger partial charge in [0, 0.05) is 24.9 Å². The summed E-state index contributed by atoms with van der Waals surface area (Å²) in [6, 6.07) is 11.6. The van der Waals surface area contributed by atoms with Gasteiger partial charge in [0.1, 0.15) is 12.4 Å². The van der Waals surface area contributed by atoms with Gasteiger partial charge in [-0.25, -0.2) is 4.79 Å². The maximum atomic E-state index is 11.1. The second-order valence-corrected chi connectivity index (χ2v) is 5.32. The Morgan fingerprint density at radius 1 is 1.26 bits per heavy atom. The molecule has 5 nitrogen and oxygen atoms in total. The molecule has 0 saturated carbocycles. The normalized spacial score (nSPS) is 12.1. The Labute approximate surface area is 136 Å². The van der Waals surface area contributed by atoms with Gasteiger partial charge in [-0.3, -0.25) is 0 Å². The third-order valence-corrected chi connectivity index (χ3v) is 3.65. The van der Waals surface area contributed by atoms with Crippen LogP contribution >= 0.6 is 0 Å². The van der Waals surface area contributed by atoms with E-state index in [0.29, 0.717) is 19.6 Å². The zero-order valence-electron chi connectivity index (χ0n) is 13.6. The Kier molecular flexibility index (Phi) is 6.23. The molecule has 0 aliphatic heterocycles. The summed E-state index contributed by atoms with van der Waals surface area (Å²) in [4.78, 5) is 11.1. The zero-order chi connectivity index (χ0) is 16.7. The highest BCUT2D eigenvalue weighted by Gasteiger charge is 2.17. The van der Waals surface area contributed by atoms with Crippen LogP contribution in [0, 0.1) is 6.92 Å². The number of benzene rings is 1. The number of carbonyl (C=O) groups is 1. The number of aliphatic carboxylic acids is 1. The van der Waals surface area contributed by atoms with Crippen LogP contribution in [0.4, 0.5) is 0 Å². The number of carboxylic acids is 1. The topological polar surface area (TPSA) is 60.7 Å². The molecule has 0 bridgehead atoms. The molecule has 0 spiro atoms. The predicted molar refractivity (Wildman–Crippen MR) is 87.9 cm³/mol. The van der Waals surface area contributed by atoms with E-state index in [9.17, 15) is 4.79 Å². The van der Waals surface area contributed by atoms with Crippen molar-refractivity contribution in [3.8, 4) is 5.75 Å². The maximum absolute atomic E-state index is 11.1. The van der Waals surface area contributed by atoms with Crippen LogP contribution in [-0.4, -0.2) is 35.0 Å². The number of hydrogen-bond acceptors (Lipinski definition) is 3. The van der Waals surface area contributed by atoms with Gasteiger partial charge in [-0.15, -0.1) is 0 Å². The quantitative estimate of drug-likeness (QED) is 0.772. The molecule has 2 rings (SSSR count). The molecule has 0 fully saturated rings. The lowest BCUT2D eigenvalue weighted by molar-refractivity contribution is -0.149. The Balaban J connectivity index is 1.84. The number of nitrogens with zero attached hydrogens (tertiary/aromatic N) is 1. The lowest BCUT2D eigenvalue weighted by atomic mass is 10.1. The van der Waals surface area contributed by atoms with Gasteiger partial charge in [0.2, 0.25) is 0 Å². The summed E-state index contributed by atoms with van der Waals surface area (Å²) in [6.45, 7) is 5.62. The first-order valence-electron chi connectivity index (χ1n) is 7.78. The van der Waals surface area contributed by atoms with Crippen LogP contribution in [0.15, 0.2) is 42.6 Å². The molecule has 124 valence electrons. The van der Waals surface area contributed by atoms with Crippen molar-refractivity contribution in [3.05, 3.63) is 53.9 Å². The van der Waals surface area contributed by atoms with Crippen molar-refractivity contribution in [2.45, 2.75) is 32.9 Å². The smallest absolute Gasteiger partial charge is 0.333 e. The van der Waals surface area contributed by atoms with E-state index in [2.05, 4.69) is 17.6 Å². The first-order valence-corrected chi connectivity index (χ1v) is 7.78. The van der Waals surface area contributed by atoms with Crippen molar-refractivity contribution < 1.29 is 19.4 Å². The Morgan fingerprint density at radius 3 is 2.57 bits per heavy atom. The van der Waals surface area contributed by atoms with Crippen LogP contribution in [0.1, 0.15) is 18.2 Å². The molecule has 0 radical (unpaired) electrons. The lowest BCUT2D eigenvalue weighted by Crippen LogP contribution is -2.26. The number of carboxylic acid groups (broad SMARTS) is 1. The van der Waals surface area contributed by atoms with Gasteiger partial charge in [-0.1, -0.05) is 12.1 Å². The number of hydrogen-bond donors (Lipinski definition) is 1. The zero-order valence-corrected chi connectivity index (χ0v) is 13.6. The van der Waals surface area contributed by atoms with Gasteiger partial charge < -0.3 is 19.1 Å². The van der Waals surface area contributed by atoms with Crippen LogP contribution < -0.4 is 4.74 Å². The predicted octanol–water partition coefficient (Wildman–Crippen LogP) is 2.91. The summed E-state index contributed by atoms with van der Waals surface area (Å²) in [5.74, 6) is -0.156. The van der Waals surface area contributed by atoms with Crippen LogP contribution in [0.3, 0.4) is 0 Å². The minimum absolute atomic E-state index is 0.353. The molecule has 1 atom stereocenters. The Bertz CT molecular complexity index is 618. The largest absolute Gasteiger partial charge is 0.492 e. The summed E-state index contributed by atoms with van der Waals surface area (Å²) < 4.78 is 13.1. The molecule has 5 heteroatoms. The van der Waals surface area contributed by atoms with Crippen LogP contribution in [0.2, 0.25) is 0 Å². The average molecular weight is 317 g/mol. The fourth-order valence-corrected chi connectivity index (χ4v) is 2.37. The summed E-state index contributed by atoms with van der Waals surface area (Å²) in [5.41, 5.74) is 2.12. The third kappa shape index (κ3) is 5.14. The highest BCUT2D eigenvalue weighted by Crippen LogP contribution is 2.15. The van der Waals surface area contributed by atoms with Crippen LogP contribution in [-0.2, 0) is 22.5 Å². The van der Waals surface area contributed by atoms with Crippen molar-refractivity contribution in [1.82, 2.24) is 4.57 Å². The molecule has 1 heterocycles. The third-order valence-electron chi connectivity index (χ3n) is 3.65. The molecule has 2 aromatic rings. The number of ether oxygens (including phenoxy) is 2. The molecule has 0 aliphatic rings. The molecule has 0 amide bonds. The highest BCUT2D eigenvalue weighted by atomic mass is 16.5. The van der Waals surface area contributed by atoms with Crippen molar-refractivity contribution in [3.63, 3.8) is 0 Å². The van der Waals surface area contributed by atoms with E-state index in [1.807, 2.05) is 36.5 Å².